The highest BCUT2D eigenvalue weighted by Crippen LogP contribution is 2.35. The summed E-state index contributed by atoms with van der Waals surface area (Å²) in [4.78, 5) is 12.2. The van der Waals surface area contributed by atoms with Gasteiger partial charge in [0.25, 0.3) is 5.91 Å². The van der Waals surface area contributed by atoms with E-state index in [1.807, 2.05) is 12.1 Å². The second kappa shape index (κ2) is 7.67. The van der Waals surface area contributed by atoms with Gasteiger partial charge in [0.05, 0.1) is 14.9 Å². The van der Waals surface area contributed by atoms with Crippen molar-refractivity contribution in [3.8, 4) is 0 Å². The number of rotatable bonds is 7. The third kappa shape index (κ3) is 4.35. The number of benzene rings is 2. The second-order valence-electron chi connectivity index (χ2n) is 7.30. The molecule has 0 aliphatic heterocycles. The lowest BCUT2D eigenvalue weighted by Crippen LogP contribution is -2.32. The molecule has 0 unspecified atom stereocenters. The van der Waals surface area contributed by atoms with Gasteiger partial charge in [-0.2, -0.15) is 4.31 Å². The minimum atomic E-state index is -3.70. The Balaban J connectivity index is 1.53. The van der Waals surface area contributed by atoms with Gasteiger partial charge >= 0.3 is 0 Å². The summed E-state index contributed by atoms with van der Waals surface area (Å²) in [6.07, 6.45) is 3.74. The summed E-state index contributed by atoms with van der Waals surface area (Å²) in [5.41, 5.74) is 1.42. The first-order valence-corrected chi connectivity index (χ1v) is 11.4. The summed E-state index contributed by atoms with van der Waals surface area (Å²) < 4.78 is 27.8. The Hall–Kier alpha value is -1.60. The van der Waals surface area contributed by atoms with Crippen molar-refractivity contribution in [2.45, 2.75) is 49.2 Å². The van der Waals surface area contributed by atoms with Gasteiger partial charge in [-0.1, -0.05) is 35.3 Å². The van der Waals surface area contributed by atoms with Crippen molar-refractivity contribution in [1.29, 1.82) is 0 Å². The van der Waals surface area contributed by atoms with E-state index in [1.165, 1.54) is 22.5 Å². The van der Waals surface area contributed by atoms with Crippen LogP contribution in [0.4, 0.5) is 0 Å². The van der Waals surface area contributed by atoms with E-state index in [-0.39, 0.29) is 28.4 Å². The molecule has 8 heteroatoms. The van der Waals surface area contributed by atoms with Crippen molar-refractivity contribution in [2.24, 2.45) is 0 Å². The highest BCUT2D eigenvalue weighted by Gasteiger charge is 2.38. The molecule has 2 fully saturated rings. The monoisotopic (exact) mass is 438 g/mol. The quantitative estimate of drug-likeness (QED) is 0.702. The third-order valence-electron chi connectivity index (χ3n) is 4.92. The number of hydrogen-bond acceptors (Lipinski definition) is 3. The molecule has 1 amide bonds. The maximum atomic E-state index is 13.1. The number of carbonyl (C=O) groups excluding carboxylic acids is 1. The number of nitrogens with zero attached hydrogens (tertiary/aromatic N) is 1. The number of sulfonamides is 1. The number of carbonyl (C=O) groups is 1. The van der Waals surface area contributed by atoms with Crippen LogP contribution in [0.5, 0.6) is 0 Å². The maximum Gasteiger partial charge on any atom is 0.251 e. The number of halogens is 2. The van der Waals surface area contributed by atoms with Crippen molar-refractivity contribution in [3.63, 3.8) is 0 Å². The Bertz CT molecular complexity index is 1000. The first-order valence-electron chi connectivity index (χ1n) is 9.21. The fourth-order valence-corrected chi connectivity index (χ4v) is 5.05. The average molecular weight is 439 g/mol. The zero-order valence-corrected chi connectivity index (χ0v) is 17.4. The number of amides is 1. The van der Waals surface area contributed by atoms with E-state index in [0.717, 1.165) is 31.2 Å². The van der Waals surface area contributed by atoms with Gasteiger partial charge in [-0.3, -0.25) is 4.79 Å². The van der Waals surface area contributed by atoms with Gasteiger partial charge in [-0.05, 0) is 61.6 Å². The lowest BCUT2D eigenvalue weighted by Gasteiger charge is -2.22. The van der Waals surface area contributed by atoms with E-state index >= 15 is 0 Å². The van der Waals surface area contributed by atoms with Crippen LogP contribution in [0.3, 0.4) is 0 Å². The van der Waals surface area contributed by atoms with Crippen molar-refractivity contribution < 1.29 is 13.2 Å². The Morgan fingerprint density at radius 2 is 1.68 bits per heavy atom. The molecule has 2 aliphatic rings. The molecule has 2 saturated carbocycles. The summed E-state index contributed by atoms with van der Waals surface area (Å²) in [7, 11) is -3.70. The van der Waals surface area contributed by atoms with Crippen LogP contribution in [0.1, 0.15) is 41.6 Å². The SMILES string of the molecule is O=C(NC1CC1)c1ccc(CN(C2CC2)S(=O)(=O)c2ccc(Cl)c(Cl)c2)cc1. The molecule has 28 heavy (non-hydrogen) atoms. The van der Waals surface area contributed by atoms with Crippen LogP contribution >= 0.6 is 23.2 Å². The molecule has 0 spiro atoms. The fraction of sp³-hybridized carbons (Fsp3) is 0.350. The van der Waals surface area contributed by atoms with Gasteiger partial charge in [-0.25, -0.2) is 8.42 Å². The minimum absolute atomic E-state index is 0.0164. The largest absolute Gasteiger partial charge is 0.349 e. The van der Waals surface area contributed by atoms with Crippen molar-refractivity contribution in [1.82, 2.24) is 9.62 Å². The summed E-state index contributed by atoms with van der Waals surface area (Å²) >= 11 is 11.9. The first-order chi connectivity index (χ1) is 13.3. The molecule has 0 bridgehead atoms. The molecule has 2 aliphatic carbocycles. The van der Waals surface area contributed by atoms with Crippen LogP contribution in [0.15, 0.2) is 47.4 Å². The number of hydrogen-bond donors (Lipinski definition) is 1. The molecule has 0 aromatic heterocycles. The molecule has 2 aromatic carbocycles. The molecule has 2 aromatic rings. The van der Waals surface area contributed by atoms with Crippen LogP contribution in [-0.4, -0.2) is 30.7 Å². The molecule has 148 valence electrons. The predicted molar refractivity (Wildman–Crippen MR) is 109 cm³/mol. The molecule has 0 radical (unpaired) electrons. The van der Waals surface area contributed by atoms with Crippen LogP contribution in [0.2, 0.25) is 10.0 Å². The Morgan fingerprint density at radius 3 is 2.25 bits per heavy atom. The van der Waals surface area contributed by atoms with Crippen LogP contribution in [0.25, 0.3) is 0 Å². The van der Waals surface area contributed by atoms with Crippen LogP contribution in [-0.2, 0) is 16.6 Å². The van der Waals surface area contributed by atoms with E-state index in [0.29, 0.717) is 16.6 Å². The minimum Gasteiger partial charge on any atom is -0.349 e. The van der Waals surface area contributed by atoms with Crippen molar-refractivity contribution >= 4 is 39.1 Å². The van der Waals surface area contributed by atoms with Crippen LogP contribution in [0, 0.1) is 0 Å². The first kappa shape index (κ1) is 19.7. The molecular formula is C20H20Cl2N2O3S. The van der Waals surface area contributed by atoms with E-state index in [1.54, 1.807) is 12.1 Å². The molecule has 0 heterocycles. The van der Waals surface area contributed by atoms with Gasteiger partial charge in [0, 0.05) is 24.2 Å². The highest BCUT2D eigenvalue weighted by atomic mass is 35.5. The van der Waals surface area contributed by atoms with Crippen LogP contribution < -0.4 is 5.32 Å². The summed E-state index contributed by atoms with van der Waals surface area (Å²) in [6.45, 7) is 0.248. The standard InChI is InChI=1S/C20H20Cl2N2O3S/c21-18-10-9-17(11-19(18)22)28(26,27)24(16-7-8-16)12-13-1-3-14(4-2-13)20(25)23-15-5-6-15/h1-4,9-11,15-16H,5-8,12H2,(H,23,25). The maximum absolute atomic E-state index is 13.1. The molecule has 0 atom stereocenters. The van der Waals surface area contributed by atoms with Gasteiger partial charge in [0.1, 0.15) is 0 Å². The average Bonchev–Trinajstić information content (AvgIpc) is 3.57. The molecular weight excluding hydrogens is 419 g/mol. The van der Waals surface area contributed by atoms with Gasteiger partial charge < -0.3 is 5.32 Å². The lowest BCUT2D eigenvalue weighted by molar-refractivity contribution is 0.0951. The summed E-state index contributed by atoms with van der Waals surface area (Å²) in [5, 5.41) is 3.48. The van der Waals surface area contributed by atoms with Gasteiger partial charge in [-0.15, -0.1) is 0 Å². The fourth-order valence-electron chi connectivity index (χ4n) is 2.98. The van der Waals surface area contributed by atoms with E-state index in [4.69, 9.17) is 23.2 Å². The zero-order valence-electron chi connectivity index (χ0n) is 15.1. The van der Waals surface area contributed by atoms with Crippen molar-refractivity contribution in [3.05, 3.63) is 63.6 Å². The summed E-state index contributed by atoms with van der Waals surface area (Å²) in [5.74, 6) is -0.0865. The van der Waals surface area contributed by atoms with Gasteiger partial charge in [0.15, 0.2) is 0 Å². The van der Waals surface area contributed by atoms with Gasteiger partial charge in [0.2, 0.25) is 10.0 Å². The Kier molecular flexibility index (Phi) is 5.40. The predicted octanol–water partition coefficient (Wildman–Crippen LogP) is 4.24. The van der Waals surface area contributed by atoms with E-state index in [9.17, 15) is 13.2 Å². The summed E-state index contributed by atoms with van der Waals surface area (Å²) in [6, 6.07) is 11.7. The Labute approximate surface area is 174 Å². The van der Waals surface area contributed by atoms with E-state index in [2.05, 4.69) is 5.32 Å². The topological polar surface area (TPSA) is 66.5 Å². The lowest BCUT2D eigenvalue weighted by atomic mass is 10.1. The molecule has 5 nitrogen and oxygen atoms in total. The molecule has 0 saturated heterocycles. The smallest absolute Gasteiger partial charge is 0.251 e. The normalized spacial score (nSPS) is 17.0. The Morgan fingerprint density at radius 1 is 1.00 bits per heavy atom. The van der Waals surface area contributed by atoms with E-state index < -0.39 is 10.0 Å². The molecule has 1 N–H and O–H groups in total. The number of nitrogens with one attached hydrogen (secondary N) is 1. The van der Waals surface area contributed by atoms with Crippen molar-refractivity contribution in [2.75, 3.05) is 0 Å². The zero-order chi connectivity index (χ0) is 19.9. The third-order valence-corrected chi connectivity index (χ3v) is 7.55. The highest BCUT2D eigenvalue weighted by molar-refractivity contribution is 7.89. The molecule has 4 rings (SSSR count). The second-order valence-corrected chi connectivity index (χ2v) is 10.0.